The average molecular weight is 445 g/mol. The number of nitrogens with zero attached hydrogens (tertiary/aromatic N) is 4. The van der Waals surface area contributed by atoms with Crippen LogP contribution >= 0.6 is 0 Å². The molecule has 2 aliphatic rings. The van der Waals surface area contributed by atoms with Crippen molar-refractivity contribution in [1.29, 1.82) is 0 Å². The van der Waals surface area contributed by atoms with Crippen molar-refractivity contribution in [3.63, 3.8) is 0 Å². The van der Waals surface area contributed by atoms with Gasteiger partial charge in [0.1, 0.15) is 18.0 Å². The zero-order valence-electron chi connectivity index (χ0n) is 17.0. The lowest BCUT2D eigenvalue weighted by Gasteiger charge is -2.16. The Labute approximate surface area is 180 Å². The van der Waals surface area contributed by atoms with Crippen LogP contribution < -0.4 is 19.8 Å². The molecule has 2 saturated heterocycles. The molecular formula is C20H24N6O4S. The van der Waals surface area contributed by atoms with E-state index in [2.05, 4.69) is 24.9 Å². The lowest BCUT2D eigenvalue weighted by atomic mass is 10.3. The second-order valence-corrected chi connectivity index (χ2v) is 9.16. The van der Waals surface area contributed by atoms with Gasteiger partial charge in [0.25, 0.3) is 0 Å². The van der Waals surface area contributed by atoms with Gasteiger partial charge in [-0.15, -0.1) is 0 Å². The van der Waals surface area contributed by atoms with Crippen molar-refractivity contribution >= 4 is 39.2 Å². The molecule has 10 nitrogen and oxygen atoms in total. The van der Waals surface area contributed by atoms with Crippen LogP contribution in [0.2, 0.25) is 0 Å². The maximum atomic E-state index is 12.5. The Morgan fingerprint density at radius 3 is 2.29 bits per heavy atom. The van der Waals surface area contributed by atoms with Crippen LogP contribution in [0.5, 0.6) is 0 Å². The predicted octanol–water partition coefficient (Wildman–Crippen LogP) is 1.12. The lowest BCUT2D eigenvalue weighted by molar-refractivity contribution is -0.121. The first-order valence-corrected chi connectivity index (χ1v) is 11.7. The van der Waals surface area contributed by atoms with Crippen LogP contribution in [0, 0.1) is 0 Å². The van der Waals surface area contributed by atoms with Crippen LogP contribution in [-0.4, -0.2) is 56.4 Å². The molecular weight excluding hydrogens is 420 g/mol. The number of sulfonamides is 1. The van der Waals surface area contributed by atoms with Gasteiger partial charge in [-0.25, -0.2) is 23.1 Å². The zero-order valence-corrected chi connectivity index (χ0v) is 17.8. The Balaban J connectivity index is 1.31. The normalized spacial score (nSPS) is 16.9. The fourth-order valence-corrected chi connectivity index (χ4v) is 4.69. The molecule has 164 valence electrons. The highest BCUT2D eigenvalue weighted by Crippen LogP contribution is 2.24. The number of benzene rings is 1. The molecule has 1 aromatic carbocycles. The Morgan fingerprint density at radius 1 is 0.935 bits per heavy atom. The van der Waals surface area contributed by atoms with E-state index in [1.54, 1.807) is 0 Å². The highest BCUT2D eigenvalue weighted by molar-refractivity contribution is 7.89. The van der Waals surface area contributed by atoms with Gasteiger partial charge in [-0.05, 0) is 37.1 Å². The highest BCUT2D eigenvalue weighted by atomic mass is 32.2. The van der Waals surface area contributed by atoms with E-state index in [0.717, 1.165) is 36.6 Å². The van der Waals surface area contributed by atoms with Crippen LogP contribution in [0.1, 0.15) is 25.7 Å². The van der Waals surface area contributed by atoms with Gasteiger partial charge in [0, 0.05) is 45.1 Å². The summed E-state index contributed by atoms with van der Waals surface area (Å²) < 4.78 is 27.6. The van der Waals surface area contributed by atoms with Gasteiger partial charge in [0.15, 0.2) is 0 Å². The molecule has 0 saturated carbocycles. The number of hydrogen-bond donors (Lipinski definition) is 2. The summed E-state index contributed by atoms with van der Waals surface area (Å²) in [4.78, 5) is 35.4. The molecule has 1 aromatic heterocycles. The number of carbonyl (C=O) groups is 2. The summed E-state index contributed by atoms with van der Waals surface area (Å²) in [6.45, 7) is 2.48. The van der Waals surface area contributed by atoms with E-state index in [-0.39, 0.29) is 36.1 Å². The first-order chi connectivity index (χ1) is 14.9. The summed E-state index contributed by atoms with van der Waals surface area (Å²) in [5, 5.41) is 3.10. The van der Waals surface area contributed by atoms with Crippen molar-refractivity contribution in [3.05, 3.63) is 36.7 Å². The highest BCUT2D eigenvalue weighted by Gasteiger charge is 2.30. The molecule has 4 rings (SSSR count). The predicted molar refractivity (Wildman–Crippen MR) is 115 cm³/mol. The molecule has 2 aromatic rings. The molecule has 31 heavy (non-hydrogen) atoms. The third kappa shape index (κ3) is 4.83. The van der Waals surface area contributed by atoms with Crippen LogP contribution in [0.25, 0.3) is 0 Å². The first kappa shape index (κ1) is 21.2. The van der Waals surface area contributed by atoms with Crippen molar-refractivity contribution in [3.8, 4) is 0 Å². The summed E-state index contributed by atoms with van der Waals surface area (Å²) in [7, 11) is -3.72. The number of hydrogen-bond acceptors (Lipinski definition) is 8. The molecule has 0 spiro atoms. The SMILES string of the molecule is O=C1CCC(=O)N1c1ccc(S(=O)(=O)NCCNc2cc(N3CCCC3)ncn2)cc1. The number of imide groups is 1. The Morgan fingerprint density at radius 2 is 1.61 bits per heavy atom. The Hall–Kier alpha value is -3.05. The van der Waals surface area contributed by atoms with E-state index in [1.807, 2.05) is 6.07 Å². The minimum absolute atomic E-state index is 0.0636. The molecule has 3 heterocycles. The summed E-state index contributed by atoms with van der Waals surface area (Å²) in [5.41, 5.74) is 0.380. The van der Waals surface area contributed by atoms with E-state index < -0.39 is 10.0 Å². The minimum Gasteiger partial charge on any atom is -0.369 e. The molecule has 11 heteroatoms. The molecule has 0 unspecified atom stereocenters. The maximum Gasteiger partial charge on any atom is 0.240 e. The van der Waals surface area contributed by atoms with E-state index in [0.29, 0.717) is 18.1 Å². The van der Waals surface area contributed by atoms with Crippen molar-refractivity contribution in [2.75, 3.05) is 41.3 Å². The molecule has 0 aliphatic carbocycles. The van der Waals surface area contributed by atoms with Gasteiger partial charge in [-0.1, -0.05) is 0 Å². The minimum atomic E-state index is -3.72. The number of amides is 2. The zero-order chi connectivity index (χ0) is 21.8. The molecule has 2 aliphatic heterocycles. The quantitative estimate of drug-likeness (QED) is 0.458. The summed E-state index contributed by atoms with van der Waals surface area (Å²) >= 11 is 0. The smallest absolute Gasteiger partial charge is 0.240 e. The number of anilines is 3. The molecule has 0 radical (unpaired) electrons. The van der Waals surface area contributed by atoms with Crippen LogP contribution in [0.15, 0.2) is 41.6 Å². The van der Waals surface area contributed by atoms with Crippen molar-refractivity contribution < 1.29 is 18.0 Å². The standard InChI is InChI=1S/C20H24N6O4S/c27-19-7-8-20(28)26(19)15-3-5-16(6-4-15)31(29,30)24-10-9-21-17-13-18(23-14-22-17)25-11-1-2-12-25/h3-6,13-14,24H,1-2,7-12H2,(H,21,22,23). The van der Waals surface area contributed by atoms with Gasteiger partial charge < -0.3 is 10.2 Å². The van der Waals surface area contributed by atoms with Gasteiger partial charge >= 0.3 is 0 Å². The van der Waals surface area contributed by atoms with Gasteiger partial charge in [-0.3, -0.25) is 14.5 Å². The average Bonchev–Trinajstić information content (AvgIpc) is 3.42. The first-order valence-electron chi connectivity index (χ1n) is 10.2. The number of nitrogens with one attached hydrogen (secondary N) is 2. The van der Waals surface area contributed by atoms with Gasteiger partial charge in [0.05, 0.1) is 10.6 Å². The van der Waals surface area contributed by atoms with Gasteiger partial charge in [-0.2, -0.15) is 0 Å². The molecule has 2 N–H and O–H groups in total. The second kappa shape index (κ2) is 8.98. The van der Waals surface area contributed by atoms with Crippen LogP contribution in [0.4, 0.5) is 17.3 Å². The fourth-order valence-electron chi connectivity index (χ4n) is 3.66. The maximum absolute atomic E-state index is 12.5. The third-order valence-electron chi connectivity index (χ3n) is 5.26. The summed E-state index contributed by atoms with van der Waals surface area (Å²) in [5.74, 6) is 0.955. The number of aromatic nitrogens is 2. The number of carbonyl (C=O) groups excluding carboxylic acids is 2. The summed E-state index contributed by atoms with van der Waals surface area (Å²) in [6, 6.07) is 7.57. The summed E-state index contributed by atoms with van der Waals surface area (Å²) in [6.07, 6.45) is 4.16. The van der Waals surface area contributed by atoms with E-state index in [9.17, 15) is 18.0 Å². The monoisotopic (exact) mass is 444 g/mol. The molecule has 2 fully saturated rings. The topological polar surface area (TPSA) is 125 Å². The van der Waals surface area contributed by atoms with Gasteiger partial charge in [0.2, 0.25) is 21.8 Å². The van der Waals surface area contributed by atoms with Crippen LogP contribution in [0.3, 0.4) is 0 Å². The molecule has 0 bridgehead atoms. The van der Waals surface area contributed by atoms with Crippen molar-refractivity contribution in [2.24, 2.45) is 0 Å². The molecule has 0 atom stereocenters. The largest absolute Gasteiger partial charge is 0.369 e. The van der Waals surface area contributed by atoms with Crippen molar-refractivity contribution in [1.82, 2.24) is 14.7 Å². The number of rotatable bonds is 8. The third-order valence-corrected chi connectivity index (χ3v) is 6.74. The van der Waals surface area contributed by atoms with Crippen LogP contribution in [-0.2, 0) is 19.6 Å². The van der Waals surface area contributed by atoms with Crippen molar-refractivity contribution in [2.45, 2.75) is 30.6 Å². The Kier molecular flexibility index (Phi) is 6.14. The van der Waals surface area contributed by atoms with E-state index >= 15 is 0 Å². The van der Waals surface area contributed by atoms with E-state index in [1.165, 1.54) is 30.6 Å². The fraction of sp³-hybridized carbons (Fsp3) is 0.400. The lowest BCUT2D eigenvalue weighted by Crippen LogP contribution is -2.30. The molecule has 2 amide bonds. The Bertz CT molecular complexity index is 1050. The van der Waals surface area contributed by atoms with E-state index in [4.69, 9.17) is 0 Å². The second-order valence-electron chi connectivity index (χ2n) is 7.40.